The van der Waals surface area contributed by atoms with Crippen molar-refractivity contribution in [3.05, 3.63) is 204 Å². The molecule has 1 saturated heterocycles. The number of nitrogens with zero attached hydrogens (tertiary/aromatic N) is 2. The van der Waals surface area contributed by atoms with Crippen molar-refractivity contribution in [2.75, 3.05) is 92.0 Å². The first-order chi connectivity index (χ1) is 46.6. The van der Waals surface area contributed by atoms with E-state index in [2.05, 4.69) is 0 Å². The van der Waals surface area contributed by atoms with Gasteiger partial charge < -0.3 is 82.4 Å². The van der Waals surface area contributed by atoms with E-state index in [0.29, 0.717) is 89.2 Å². The lowest BCUT2D eigenvalue weighted by atomic mass is 10.1. The van der Waals surface area contributed by atoms with Crippen molar-refractivity contribution in [1.29, 1.82) is 0 Å². The lowest BCUT2D eigenvalue weighted by Gasteiger charge is -2.28. The molecule has 0 aliphatic carbocycles. The highest BCUT2D eigenvalue weighted by atomic mass is 16.6. The minimum atomic E-state index is -0.955. The first-order valence-corrected chi connectivity index (χ1v) is 32.1. The predicted molar refractivity (Wildman–Crippen MR) is 362 cm³/mol. The third kappa shape index (κ3) is 23.6. The van der Waals surface area contributed by atoms with Crippen molar-refractivity contribution in [3.63, 3.8) is 0 Å². The van der Waals surface area contributed by atoms with Crippen molar-refractivity contribution in [2.24, 2.45) is 11.5 Å². The van der Waals surface area contributed by atoms with Crippen molar-refractivity contribution in [1.82, 2.24) is 9.80 Å². The summed E-state index contributed by atoms with van der Waals surface area (Å²) in [5.74, 6) is 2.35. The number of hydrogen-bond acceptors (Lipinski definition) is 24. The van der Waals surface area contributed by atoms with Gasteiger partial charge in [0.1, 0.15) is 120 Å². The van der Waals surface area contributed by atoms with Gasteiger partial charge >= 0.3 is 28.1 Å². The third-order valence-electron chi connectivity index (χ3n) is 15.3. The van der Waals surface area contributed by atoms with Gasteiger partial charge in [-0.15, -0.1) is 0 Å². The van der Waals surface area contributed by atoms with Crippen LogP contribution in [-0.4, -0.2) is 153 Å². The Balaban J connectivity index is 0.000000374. The van der Waals surface area contributed by atoms with Gasteiger partial charge in [0.05, 0.1) is 6.61 Å². The molecule has 0 saturated carbocycles. The van der Waals surface area contributed by atoms with Gasteiger partial charge in [0.2, 0.25) is 0 Å². The summed E-state index contributed by atoms with van der Waals surface area (Å²) < 4.78 is 60.2. The second kappa shape index (κ2) is 36.6. The zero-order valence-corrected chi connectivity index (χ0v) is 53.2. The topological polar surface area (TPSA) is 349 Å². The fraction of sp³-hybridized carbons (Fsp3) is 0.375. The fourth-order valence-corrected chi connectivity index (χ4v) is 10.4. The van der Waals surface area contributed by atoms with Crippen LogP contribution in [-0.2, 0) is 4.74 Å². The number of benzene rings is 5. The molecule has 24 nitrogen and oxygen atoms in total. The molecule has 10 aromatic rings. The van der Waals surface area contributed by atoms with Crippen LogP contribution in [0.3, 0.4) is 0 Å². The average molecular weight is 1320 g/mol. The van der Waals surface area contributed by atoms with Crippen molar-refractivity contribution in [3.8, 4) is 28.7 Å². The minimum Gasteiger partial charge on any atom is -0.491 e. The molecule has 0 radical (unpaired) electrons. The SMILES string of the molecule is NCCCCCCN.O=c1ccc2ccc(OCC(O)CN(CCCCCCN(CC(O)COc3ccc4ccc(=O)oc4c3)CC(O)COc3ccc4ccc(=O)oc4c3)CC(O)COc3ccc4ccc(=O)oc4c3)cc2o1.O=c1ccc2ccc(OCC3CO3)cc2o1. The normalized spacial score (nSPS) is 14.0. The van der Waals surface area contributed by atoms with Gasteiger partial charge in [0.25, 0.3) is 0 Å². The molecule has 5 atom stereocenters. The van der Waals surface area contributed by atoms with Gasteiger partial charge in [0, 0.05) is 114 Å². The van der Waals surface area contributed by atoms with E-state index in [0.717, 1.165) is 72.3 Å². The molecule has 1 aliphatic rings. The zero-order valence-electron chi connectivity index (χ0n) is 53.2. The van der Waals surface area contributed by atoms with Crippen LogP contribution in [0.1, 0.15) is 51.4 Å². The van der Waals surface area contributed by atoms with Crippen molar-refractivity contribution >= 4 is 54.8 Å². The molecule has 1 aliphatic heterocycles. The van der Waals surface area contributed by atoms with Gasteiger partial charge in [-0.1, -0.05) is 25.7 Å². The maximum atomic E-state index is 11.8. The second-order valence-electron chi connectivity index (χ2n) is 23.3. The van der Waals surface area contributed by atoms with E-state index in [1.165, 1.54) is 43.2 Å². The van der Waals surface area contributed by atoms with Crippen LogP contribution in [0.4, 0.5) is 0 Å². The summed E-state index contributed by atoms with van der Waals surface area (Å²) in [7, 11) is 0. The fourth-order valence-electron chi connectivity index (χ4n) is 10.4. The van der Waals surface area contributed by atoms with Crippen molar-refractivity contribution < 1.29 is 70.9 Å². The highest BCUT2D eigenvalue weighted by molar-refractivity contribution is 5.80. The predicted octanol–water partition coefficient (Wildman–Crippen LogP) is 7.37. The molecule has 510 valence electrons. The molecule has 96 heavy (non-hydrogen) atoms. The number of nitrogens with two attached hydrogens (primary N) is 2. The first kappa shape index (κ1) is 71.1. The first-order valence-electron chi connectivity index (χ1n) is 32.1. The Bertz CT molecular complexity index is 3940. The second-order valence-corrected chi connectivity index (χ2v) is 23.3. The number of fused-ring (bicyclic) bond motifs is 5. The number of hydrogen-bond donors (Lipinski definition) is 6. The molecule has 8 N–H and O–H groups in total. The van der Waals surface area contributed by atoms with Crippen molar-refractivity contribution in [2.45, 2.75) is 81.9 Å². The minimum absolute atomic E-state index is 0.0712. The Kier molecular flexibility index (Phi) is 27.1. The molecule has 5 aromatic heterocycles. The van der Waals surface area contributed by atoms with E-state index in [4.69, 9.17) is 62.0 Å². The van der Waals surface area contributed by atoms with Gasteiger partial charge in [0.15, 0.2) is 0 Å². The number of aliphatic hydroxyl groups excluding tert-OH is 4. The zero-order chi connectivity index (χ0) is 67.6. The number of unbranched alkanes of at least 4 members (excludes halogenated alkanes) is 6. The summed E-state index contributed by atoms with van der Waals surface area (Å²) >= 11 is 0. The van der Waals surface area contributed by atoms with Gasteiger partial charge in [-0.25, -0.2) is 24.0 Å². The molecule has 24 heteroatoms. The van der Waals surface area contributed by atoms with Gasteiger partial charge in [-0.2, -0.15) is 0 Å². The average Bonchev–Trinajstić information content (AvgIpc) is 2.03. The Labute approximate surface area is 551 Å². The summed E-state index contributed by atoms with van der Waals surface area (Å²) in [4.78, 5) is 62.0. The third-order valence-corrected chi connectivity index (χ3v) is 15.3. The van der Waals surface area contributed by atoms with Crippen LogP contribution < -0.4 is 63.3 Å². The molecule has 0 spiro atoms. The number of aliphatic hydroxyl groups is 4. The maximum absolute atomic E-state index is 11.8. The van der Waals surface area contributed by atoms with Crippen LogP contribution in [0, 0.1) is 0 Å². The Hall–Kier alpha value is -9.21. The van der Waals surface area contributed by atoms with Crippen LogP contribution in [0.2, 0.25) is 0 Å². The van der Waals surface area contributed by atoms with E-state index in [9.17, 15) is 44.4 Å². The summed E-state index contributed by atoms with van der Waals surface area (Å²) in [6.07, 6.45) is 4.17. The van der Waals surface area contributed by atoms with E-state index in [1.54, 1.807) is 109 Å². The quantitative estimate of drug-likeness (QED) is 0.0128. The molecule has 0 bridgehead atoms. The lowest BCUT2D eigenvalue weighted by molar-refractivity contribution is 0.0292. The highest BCUT2D eigenvalue weighted by Gasteiger charge is 2.24. The van der Waals surface area contributed by atoms with E-state index in [1.807, 2.05) is 21.9 Å². The Morgan fingerprint density at radius 2 is 0.594 bits per heavy atom. The van der Waals surface area contributed by atoms with Crippen LogP contribution in [0.25, 0.3) is 54.8 Å². The van der Waals surface area contributed by atoms with Gasteiger partial charge in [-0.3, -0.25) is 9.80 Å². The van der Waals surface area contributed by atoms with Crippen LogP contribution in [0.15, 0.2) is 198 Å². The smallest absolute Gasteiger partial charge is 0.336 e. The van der Waals surface area contributed by atoms with Crippen LogP contribution in [0.5, 0.6) is 28.7 Å². The molecule has 1 fully saturated rings. The summed E-state index contributed by atoms with van der Waals surface area (Å²) in [6.45, 7) is 4.36. The lowest BCUT2D eigenvalue weighted by Crippen LogP contribution is -2.42. The molecule has 5 aromatic carbocycles. The molecular formula is C72H82N4O20. The molecule has 6 heterocycles. The summed E-state index contributed by atoms with van der Waals surface area (Å²) in [5, 5.41) is 48.4. The number of ether oxygens (including phenoxy) is 6. The molecule has 5 unspecified atom stereocenters. The Morgan fingerprint density at radius 1 is 0.354 bits per heavy atom. The molecular weight excluding hydrogens is 1240 g/mol. The maximum Gasteiger partial charge on any atom is 0.336 e. The van der Waals surface area contributed by atoms with Crippen LogP contribution >= 0.6 is 0 Å². The Morgan fingerprint density at radius 3 is 0.844 bits per heavy atom. The number of rotatable bonds is 35. The van der Waals surface area contributed by atoms with E-state index >= 15 is 0 Å². The molecule has 0 amide bonds. The summed E-state index contributed by atoms with van der Waals surface area (Å²) in [5.41, 5.74) is 10.2. The monoisotopic (exact) mass is 1320 g/mol. The van der Waals surface area contributed by atoms with E-state index in [-0.39, 0.29) is 64.3 Å². The standard InChI is InChI=1S/C54H56N2O16.C12H10O4.C6H16N2/c57-39(31-65-43-13-5-35-9-17-51(61)69-47(35)23-43)27-55(28-40(58)32-66-44-14-6-36-10-18-52(62)70-48(36)24-44)21-3-1-2-4-22-56(29-41(59)33-67-45-15-7-37-11-19-53(63)71-49(37)25-45)30-42(60)34-68-46-16-8-38-12-20-54(64)72-50(38)26-46;13-12-4-2-8-1-3-9(5-11(8)16-12)14-6-10-7-15-10;7-5-3-1-2-4-6-8/h5-20,23-26,39-42,57-60H,1-4,21-22,27-34H2;1-5,10H,6-7H2;1-8H2. The molecule has 11 rings (SSSR count). The van der Waals surface area contributed by atoms with E-state index < -0.39 is 46.9 Å². The van der Waals surface area contributed by atoms with Gasteiger partial charge in [-0.05, 0) is 143 Å². The largest absolute Gasteiger partial charge is 0.491 e. The highest BCUT2D eigenvalue weighted by Crippen LogP contribution is 2.25. The summed E-state index contributed by atoms with van der Waals surface area (Å²) in [6, 6.07) is 40.8. The number of epoxide rings is 1.